The predicted molar refractivity (Wildman–Crippen MR) is 80.2 cm³/mol. The molecule has 3 rings (SSSR count). The lowest BCUT2D eigenvalue weighted by atomic mass is 10.1. The van der Waals surface area contributed by atoms with Crippen molar-refractivity contribution < 1.29 is 27.5 Å². The third-order valence-electron chi connectivity index (χ3n) is 4.14. The third kappa shape index (κ3) is 3.46. The summed E-state index contributed by atoms with van der Waals surface area (Å²) < 4.78 is 44.0. The second-order valence-corrected chi connectivity index (χ2v) is 5.81. The van der Waals surface area contributed by atoms with Crippen molar-refractivity contribution in [2.45, 2.75) is 31.6 Å². The highest BCUT2D eigenvalue weighted by molar-refractivity contribution is 5.73. The van der Waals surface area contributed by atoms with Gasteiger partial charge in [0.25, 0.3) is 0 Å². The number of hydrogen-bond acceptors (Lipinski definition) is 3. The molecule has 1 fully saturated rings. The van der Waals surface area contributed by atoms with Crippen molar-refractivity contribution in [1.29, 1.82) is 0 Å². The number of rotatable bonds is 4. The van der Waals surface area contributed by atoms with Gasteiger partial charge >= 0.3 is 12.1 Å². The number of carbonyl (C=O) groups is 1. The molecule has 0 unspecified atom stereocenters. The monoisotopic (exact) mass is 339 g/mol. The first-order valence-corrected chi connectivity index (χ1v) is 7.58. The van der Waals surface area contributed by atoms with Gasteiger partial charge in [-0.3, -0.25) is 9.69 Å². The van der Waals surface area contributed by atoms with E-state index >= 15 is 0 Å². The van der Waals surface area contributed by atoms with Crippen molar-refractivity contribution in [3.63, 3.8) is 0 Å². The molecule has 2 heterocycles. The van der Waals surface area contributed by atoms with Gasteiger partial charge in [-0.2, -0.15) is 13.2 Å². The molecule has 128 valence electrons. The Labute approximate surface area is 136 Å². The summed E-state index contributed by atoms with van der Waals surface area (Å²) in [5.41, 5.74) is -0.393. The fourth-order valence-corrected chi connectivity index (χ4v) is 2.96. The van der Waals surface area contributed by atoms with Crippen molar-refractivity contribution in [1.82, 2.24) is 4.90 Å². The molecule has 2 aromatic rings. The van der Waals surface area contributed by atoms with E-state index in [1.807, 2.05) is 0 Å². The standard InChI is InChI=1S/C17H16F3NO3/c18-17(19,20)12-4-1-3-11(9-12)15-7-6-13(24-15)10-21-8-2-5-14(21)16(22)23/h1,3-4,6-7,9,14H,2,5,8,10H2,(H,22,23)/t14-/m1/s1. The van der Waals surface area contributed by atoms with Crippen LogP contribution in [0.5, 0.6) is 0 Å². The quantitative estimate of drug-likeness (QED) is 0.914. The first kappa shape index (κ1) is 16.6. The Kier molecular flexibility index (Phi) is 4.36. The van der Waals surface area contributed by atoms with Crippen molar-refractivity contribution in [2.24, 2.45) is 0 Å². The Bertz CT molecular complexity index is 739. The molecule has 0 radical (unpaired) electrons. The number of halogens is 3. The minimum atomic E-state index is -4.41. The van der Waals surface area contributed by atoms with Gasteiger partial charge in [0.1, 0.15) is 17.6 Å². The van der Waals surface area contributed by atoms with E-state index in [1.54, 1.807) is 23.1 Å². The normalized spacial score (nSPS) is 18.9. The minimum Gasteiger partial charge on any atom is -0.480 e. The van der Waals surface area contributed by atoms with E-state index in [-0.39, 0.29) is 0 Å². The maximum Gasteiger partial charge on any atom is 0.416 e. The lowest BCUT2D eigenvalue weighted by Crippen LogP contribution is -2.35. The number of alkyl halides is 3. The van der Waals surface area contributed by atoms with Gasteiger partial charge in [0.2, 0.25) is 0 Å². The molecule has 1 aliphatic rings. The van der Waals surface area contributed by atoms with Crippen LogP contribution in [0.3, 0.4) is 0 Å². The summed E-state index contributed by atoms with van der Waals surface area (Å²) in [5, 5.41) is 9.17. The largest absolute Gasteiger partial charge is 0.480 e. The maximum atomic E-state index is 12.8. The minimum absolute atomic E-state index is 0.329. The average Bonchev–Trinajstić information content (AvgIpc) is 3.16. The zero-order chi connectivity index (χ0) is 17.3. The smallest absolute Gasteiger partial charge is 0.416 e. The molecule has 1 aliphatic heterocycles. The fraction of sp³-hybridized carbons (Fsp3) is 0.353. The number of carboxylic acids is 1. The summed E-state index contributed by atoms with van der Waals surface area (Å²) in [6.07, 6.45) is -3.01. The van der Waals surface area contributed by atoms with Crippen molar-refractivity contribution >= 4 is 5.97 Å². The Morgan fingerprint density at radius 1 is 1.29 bits per heavy atom. The molecule has 0 amide bonds. The molecule has 0 aliphatic carbocycles. The van der Waals surface area contributed by atoms with E-state index in [9.17, 15) is 23.1 Å². The number of aliphatic carboxylic acids is 1. The van der Waals surface area contributed by atoms with E-state index in [1.165, 1.54) is 6.07 Å². The molecule has 0 saturated carbocycles. The Morgan fingerprint density at radius 2 is 2.08 bits per heavy atom. The Morgan fingerprint density at radius 3 is 2.79 bits per heavy atom. The fourth-order valence-electron chi connectivity index (χ4n) is 2.96. The molecule has 1 N–H and O–H groups in total. The van der Waals surface area contributed by atoms with E-state index in [0.29, 0.717) is 36.6 Å². The van der Waals surface area contributed by atoms with E-state index < -0.39 is 23.8 Å². The van der Waals surface area contributed by atoms with Crippen LogP contribution >= 0.6 is 0 Å². The number of furan rings is 1. The van der Waals surface area contributed by atoms with E-state index in [4.69, 9.17) is 4.42 Å². The van der Waals surface area contributed by atoms with Crippen LogP contribution in [0.25, 0.3) is 11.3 Å². The molecule has 1 atom stereocenters. The lowest BCUT2D eigenvalue weighted by molar-refractivity contribution is -0.142. The summed E-state index contributed by atoms with van der Waals surface area (Å²) in [7, 11) is 0. The van der Waals surface area contributed by atoms with Crippen LogP contribution in [0.4, 0.5) is 13.2 Å². The topological polar surface area (TPSA) is 53.7 Å². The summed E-state index contributed by atoms with van der Waals surface area (Å²) in [4.78, 5) is 13.0. The number of benzene rings is 1. The van der Waals surface area contributed by atoms with Gasteiger partial charge in [0.05, 0.1) is 12.1 Å². The molecule has 1 saturated heterocycles. The molecular weight excluding hydrogens is 323 g/mol. The Balaban J connectivity index is 1.78. The first-order chi connectivity index (χ1) is 11.3. The zero-order valence-corrected chi connectivity index (χ0v) is 12.7. The highest BCUT2D eigenvalue weighted by atomic mass is 19.4. The van der Waals surface area contributed by atoms with Crippen LogP contribution in [-0.2, 0) is 17.5 Å². The highest BCUT2D eigenvalue weighted by Crippen LogP contribution is 2.33. The SMILES string of the molecule is O=C(O)[C@H]1CCCN1Cc1ccc(-c2cccc(C(F)(F)F)c2)o1. The van der Waals surface area contributed by atoms with Gasteiger partial charge in [0.15, 0.2) is 0 Å². The van der Waals surface area contributed by atoms with Crippen LogP contribution < -0.4 is 0 Å². The van der Waals surface area contributed by atoms with Crippen LogP contribution in [0.2, 0.25) is 0 Å². The van der Waals surface area contributed by atoms with Gasteiger partial charge in [-0.15, -0.1) is 0 Å². The Hall–Kier alpha value is -2.28. The summed E-state index contributed by atoms with van der Waals surface area (Å²) in [6, 6.07) is 7.68. The van der Waals surface area contributed by atoms with Crippen LogP contribution in [0, 0.1) is 0 Å². The highest BCUT2D eigenvalue weighted by Gasteiger charge is 2.32. The van der Waals surface area contributed by atoms with Crippen molar-refractivity contribution in [2.75, 3.05) is 6.54 Å². The van der Waals surface area contributed by atoms with E-state index in [0.717, 1.165) is 18.6 Å². The second-order valence-electron chi connectivity index (χ2n) is 5.81. The first-order valence-electron chi connectivity index (χ1n) is 7.58. The molecule has 1 aromatic heterocycles. The van der Waals surface area contributed by atoms with Crippen LogP contribution in [0.15, 0.2) is 40.8 Å². The summed E-state index contributed by atoms with van der Waals surface area (Å²) >= 11 is 0. The van der Waals surface area contributed by atoms with Gasteiger partial charge < -0.3 is 9.52 Å². The number of hydrogen-bond donors (Lipinski definition) is 1. The van der Waals surface area contributed by atoms with Crippen molar-refractivity contribution in [3.8, 4) is 11.3 Å². The van der Waals surface area contributed by atoms with Crippen LogP contribution in [-0.4, -0.2) is 28.6 Å². The van der Waals surface area contributed by atoms with Gasteiger partial charge in [-0.25, -0.2) is 0 Å². The summed E-state index contributed by atoms with van der Waals surface area (Å²) in [6.45, 7) is 0.993. The number of nitrogens with zero attached hydrogens (tertiary/aromatic N) is 1. The predicted octanol–water partition coefficient (Wildman–Crippen LogP) is 4.01. The van der Waals surface area contributed by atoms with Gasteiger partial charge in [-0.05, 0) is 43.7 Å². The lowest BCUT2D eigenvalue weighted by Gasteiger charge is -2.19. The molecular formula is C17H16F3NO3. The molecule has 1 aromatic carbocycles. The second kappa shape index (κ2) is 6.32. The molecule has 24 heavy (non-hydrogen) atoms. The number of likely N-dealkylation sites (tertiary alicyclic amines) is 1. The molecule has 4 nitrogen and oxygen atoms in total. The van der Waals surface area contributed by atoms with E-state index in [2.05, 4.69) is 0 Å². The zero-order valence-electron chi connectivity index (χ0n) is 12.7. The average molecular weight is 339 g/mol. The number of carboxylic acid groups (broad SMARTS) is 1. The molecule has 0 spiro atoms. The van der Waals surface area contributed by atoms with Gasteiger partial charge in [0, 0.05) is 5.56 Å². The molecule has 7 heteroatoms. The maximum absolute atomic E-state index is 12.8. The third-order valence-corrected chi connectivity index (χ3v) is 4.14. The summed E-state index contributed by atoms with van der Waals surface area (Å²) in [5.74, 6) is 0.00916. The van der Waals surface area contributed by atoms with Crippen LogP contribution in [0.1, 0.15) is 24.2 Å². The molecule has 0 bridgehead atoms. The van der Waals surface area contributed by atoms with Crippen molar-refractivity contribution in [3.05, 3.63) is 47.7 Å². The van der Waals surface area contributed by atoms with Gasteiger partial charge in [-0.1, -0.05) is 12.1 Å².